The maximum absolute atomic E-state index is 12.6. The van der Waals surface area contributed by atoms with Crippen LogP contribution in [0.25, 0.3) is 11.0 Å². The van der Waals surface area contributed by atoms with Gasteiger partial charge in [0.2, 0.25) is 0 Å². The Morgan fingerprint density at radius 3 is 2.59 bits per heavy atom. The molecule has 2 N–H and O–H groups in total. The summed E-state index contributed by atoms with van der Waals surface area (Å²) in [6.45, 7) is 0.964. The number of fused-ring (bicyclic) bond motifs is 1. The Bertz CT molecular complexity index is 977. The standard InChI is InChI=1S/C22H23NO6/c1-27-14-18-17-5-2-3-6-19(17)29-21(18)22(26)23-13-15-8-10-16(11-9-15)28-12-4-7-20(24)25/h2-3,5-6,8-11H,4,7,12-14H2,1H3,(H,23,26)(H,24,25). The highest BCUT2D eigenvalue weighted by molar-refractivity contribution is 5.99. The summed E-state index contributed by atoms with van der Waals surface area (Å²) in [4.78, 5) is 23.1. The number of methoxy groups -OCH3 is 1. The molecule has 0 unspecified atom stereocenters. The van der Waals surface area contributed by atoms with Gasteiger partial charge < -0.3 is 24.3 Å². The smallest absolute Gasteiger partial charge is 0.303 e. The first-order chi connectivity index (χ1) is 14.1. The summed E-state index contributed by atoms with van der Waals surface area (Å²) < 4.78 is 16.5. The summed E-state index contributed by atoms with van der Waals surface area (Å²) in [5, 5.41) is 12.3. The van der Waals surface area contributed by atoms with Crippen LogP contribution in [0.3, 0.4) is 0 Å². The molecule has 0 saturated carbocycles. The van der Waals surface area contributed by atoms with E-state index in [4.69, 9.17) is 19.0 Å². The number of aliphatic carboxylic acids is 1. The van der Waals surface area contributed by atoms with E-state index in [9.17, 15) is 9.59 Å². The monoisotopic (exact) mass is 397 g/mol. The normalized spacial score (nSPS) is 10.8. The van der Waals surface area contributed by atoms with Crippen LogP contribution in [-0.2, 0) is 22.7 Å². The zero-order valence-electron chi connectivity index (χ0n) is 16.1. The van der Waals surface area contributed by atoms with Gasteiger partial charge in [-0.1, -0.05) is 30.3 Å². The lowest BCUT2D eigenvalue weighted by Crippen LogP contribution is -2.23. The Balaban J connectivity index is 1.59. The number of carboxylic acids is 1. The molecule has 29 heavy (non-hydrogen) atoms. The summed E-state index contributed by atoms with van der Waals surface area (Å²) in [6.07, 6.45) is 0.533. The van der Waals surface area contributed by atoms with Gasteiger partial charge in [0.15, 0.2) is 5.76 Å². The molecule has 0 aliphatic rings. The van der Waals surface area contributed by atoms with Gasteiger partial charge in [-0.25, -0.2) is 0 Å². The van der Waals surface area contributed by atoms with Crippen LogP contribution >= 0.6 is 0 Å². The van der Waals surface area contributed by atoms with Crippen LogP contribution in [-0.4, -0.2) is 30.7 Å². The molecule has 0 atom stereocenters. The molecule has 2 aromatic carbocycles. The summed E-state index contributed by atoms with van der Waals surface area (Å²) in [7, 11) is 1.58. The predicted molar refractivity (Wildman–Crippen MR) is 107 cm³/mol. The lowest BCUT2D eigenvalue weighted by atomic mass is 10.1. The molecule has 0 aliphatic carbocycles. The number of ether oxygens (including phenoxy) is 2. The van der Waals surface area contributed by atoms with Crippen LogP contribution < -0.4 is 10.1 Å². The topological polar surface area (TPSA) is 98.0 Å². The Hall–Kier alpha value is -3.32. The van der Waals surface area contributed by atoms with Crippen LogP contribution in [0.4, 0.5) is 0 Å². The van der Waals surface area contributed by atoms with Crippen molar-refractivity contribution in [1.29, 1.82) is 0 Å². The summed E-state index contributed by atoms with van der Waals surface area (Å²) in [5.74, 6) is -0.225. The summed E-state index contributed by atoms with van der Waals surface area (Å²) in [5.41, 5.74) is 2.28. The number of para-hydroxylation sites is 1. The van der Waals surface area contributed by atoms with E-state index in [0.717, 1.165) is 16.5 Å². The number of rotatable bonds is 10. The highest BCUT2D eigenvalue weighted by Gasteiger charge is 2.20. The van der Waals surface area contributed by atoms with Gasteiger partial charge in [0.1, 0.15) is 11.3 Å². The molecule has 1 amide bonds. The number of amides is 1. The fourth-order valence-corrected chi connectivity index (χ4v) is 2.95. The Kier molecular flexibility index (Phi) is 6.86. The van der Waals surface area contributed by atoms with Gasteiger partial charge in [0.05, 0.1) is 13.2 Å². The summed E-state index contributed by atoms with van der Waals surface area (Å²) >= 11 is 0. The Morgan fingerprint density at radius 1 is 1.10 bits per heavy atom. The Labute approximate surface area is 168 Å². The number of hydrogen-bond donors (Lipinski definition) is 2. The lowest BCUT2D eigenvalue weighted by molar-refractivity contribution is -0.137. The maximum Gasteiger partial charge on any atom is 0.303 e. The minimum atomic E-state index is -0.835. The molecule has 3 aromatic rings. The fraction of sp³-hybridized carbons (Fsp3) is 0.273. The van der Waals surface area contributed by atoms with Crippen molar-refractivity contribution in [2.75, 3.05) is 13.7 Å². The van der Waals surface area contributed by atoms with E-state index in [-0.39, 0.29) is 24.7 Å². The second kappa shape index (κ2) is 9.75. The number of furan rings is 1. The third kappa shape index (κ3) is 5.36. The van der Waals surface area contributed by atoms with E-state index in [2.05, 4.69) is 5.32 Å². The van der Waals surface area contributed by atoms with Gasteiger partial charge in [-0.3, -0.25) is 9.59 Å². The van der Waals surface area contributed by atoms with Gasteiger partial charge in [0, 0.05) is 31.0 Å². The first-order valence-electron chi connectivity index (χ1n) is 9.29. The van der Waals surface area contributed by atoms with Gasteiger partial charge in [0.25, 0.3) is 5.91 Å². The number of carboxylic acid groups (broad SMARTS) is 1. The number of nitrogens with one attached hydrogen (secondary N) is 1. The molecule has 0 aliphatic heterocycles. The van der Waals surface area contributed by atoms with E-state index >= 15 is 0 Å². The molecule has 3 rings (SSSR count). The number of carbonyl (C=O) groups excluding carboxylic acids is 1. The average Bonchev–Trinajstić information content (AvgIpc) is 3.09. The number of hydrogen-bond acceptors (Lipinski definition) is 5. The second-order valence-electron chi connectivity index (χ2n) is 6.51. The molecule has 7 heteroatoms. The minimum absolute atomic E-state index is 0.0803. The van der Waals surface area contributed by atoms with Crippen LogP contribution in [0, 0.1) is 0 Å². The van der Waals surface area contributed by atoms with E-state index in [1.54, 1.807) is 19.2 Å². The van der Waals surface area contributed by atoms with Gasteiger partial charge >= 0.3 is 5.97 Å². The molecule has 1 aromatic heterocycles. The highest BCUT2D eigenvalue weighted by Crippen LogP contribution is 2.26. The minimum Gasteiger partial charge on any atom is -0.494 e. The van der Waals surface area contributed by atoms with Crippen molar-refractivity contribution in [3.8, 4) is 5.75 Å². The number of carbonyl (C=O) groups is 2. The zero-order chi connectivity index (χ0) is 20.6. The second-order valence-corrected chi connectivity index (χ2v) is 6.51. The molecular formula is C22H23NO6. The van der Waals surface area contributed by atoms with Gasteiger partial charge in [-0.05, 0) is 30.2 Å². The Morgan fingerprint density at radius 2 is 1.86 bits per heavy atom. The SMILES string of the molecule is COCc1c(C(=O)NCc2ccc(OCCCC(=O)O)cc2)oc2ccccc12. The van der Waals surface area contributed by atoms with E-state index < -0.39 is 5.97 Å². The summed E-state index contributed by atoms with van der Waals surface area (Å²) in [6, 6.07) is 14.8. The zero-order valence-corrected chi connectivity index (χ0v) is 16.1. The van der Waals surface area contributed by atoms with Crippen molar-refractivity contribution in [1.82, 2.24) is 5.32 Å². The molecular weight excluding hydrogens is 374 g/mol. The number of benzene rings is 2. The van der Waals surface area contributed by atoms with Crippen molar-refractivity contribution in [2.45, 2.75) is 26.0 Å². The molecule has 152 valence electrons. The molecule has 1 heterocycles. The first-order valence-corrected chi connectivity index (χ1v) is 9.29. The molecule has 0 bridgehead atoms. The van der Waals surface area contributed by atoms with Crippen molar-refractivity contribution in [2.24, 2.45) is 0 Å². The van der Waals surface area contributed by atoms with Crippen LogP contribution in [0.5, 0.6) is 5.75 Å². The van der Waals surface area contributed by atoms with Crippen LogP contribution in [0.2, 0.25) is 0 Å². The average molecular weight is 397 g/mol. The molecule has 0 spiro atoms. The largest absolute Gasteiger partial charge is 0.494 e. The van der Waals surface area contributed by atoms with E-state index in [0.29, 0.717) is 30.9 Å². The van der Waals surface area contributed by atoms with Gasteiger partial charge in [-0.15, -0.1) is 0 Å². The molecule has 0 radical (unpaired) electrons. The van der Waals surface area contributed by atoms with Crippen LogP contribution in [0.1, 0.15) is 34.5 Å². The van der Waals surface area contributed by atoms with Crippen molar-refractivity contribution >= 4 is 22.8 Å². The van der Waals surface area contributed by atoms with Crippen LogP contribution in [0.15, 0.2) is 52.9 Å². The van der Waals surface area contributed by atoms with Crippen molar-refractivity contribution in [3.05, 3.63) is 65.4 Å². The molecule has 7 nitrogen and oxygen atoms in total. The highest BCUT2D eigenvalue weighted by atomic mass is 16.5. The first kappa shape index (κ1) is 20.4. The van der Waals surface area contributed by atoms with Crippen molar-refractivity contribution in [3.63, 3.8) is 0 Å². The third-order valence-electron chi connectivity index (χ3n) is 4.37. The van der Waals surface area contributed by atoms with Crippen molar-refractivity contribution < 1.29 is 28.6 Å². The molecule has 0 saturated heterocycles. The van der Waals surface area contributed by atoms with E-state index in [1.165, 1.54) is 0 Å². The predicted octanol–water partition coefficient (Wildman–Crippen LogP) is 3.75. The lowest BCUT2D eigenvalue weighted by Gasteiger charge is -2.08. The quantitative estimate of drug-likeness (QED) is 0.506. The fourth-order valence-electron chi connectivity index (χ4n) is 2.95. The van der Waals surface area contributed by atoms with E-state index in [1.807, 2.05) is 36.4 Å². The maximum atomic E-state index is 12.6. The van der Waals surface area contributed by atoms with Gasteiger partial charge in [-0.2, -0.15) is 0 Å². The molecule has 0 fully saturated rings. The third-order valence-corrected chi connectivity index (χ3v) is 4.37.